The van der Waals surface area contributed by atoms with Crippen LogP contribution in [0, 0.1) is 0 Å². The molecule has 0 aromatic carbocycles. The first-order valence-corrected chi connectivity index (χ1v) is 4.15. The van der Waals surface area contributed by atoms with E-state index < -0.39 is 0 Å². The average molecular weight is 156 g/mol. The van der Waals surface area contributed by atoms with Crippen LogP contribution in [0.5, 0.6) is 0 Å². The molecule has 0 rings (SSSR count). The summed E-state index contributed by atoms with van der Waals surface area (Å²) in [5, 5.41) is 3.40. The van der Waals surface area contributed by atoms with Crippen LogP contribution in [0.2, 0.25) is 0 Å². The molecule has 0 bridgehead atoms. The minimum atomic E-state index is 0.574. The molecule has 1 N–H and O–H groups in total. The zero-order valence-corrected chi connectivity index (χ0v) is 7.93. The minimum Gasteiger partial charge on any atom is -0.313 e. The number of rotatable bonds is 6. The number of hydrogen-bond acceptors (Lipinski definition) is 2. The lowest BCUT2D eigenvalue weighted by molar-refractivity contribution is 0.351. The summed E-state index contributed by atoms with van der Waals surface area (Å²) in [5.74, 6) is 0. The maximum Gasteiger partial charge on any atom is 0.0166 e. The van der Waals surface area contributed by atoms with Gasteiger partial charge in [-0.2, -0.15) is 0 Å². The van der Waals surface area contributed by atoms with Crippen molar-refractivity contribution in [3.63, 3.8) is 0 Å². The molecule has 0 heterocycles. The molecular formula is C9H20N2. The first-order chi connectivity index (χ1) is 5.16. The monoisotopic (exact) mass is 156 g/mol. The fourth-order valence-corrected chi connectivity index (χ4v) is 1.04. The van der Waals surface area contributed by atoms with Crippen LogP contribution in [0.4, 0.5) is 0 Å². The van der Waals surface area contributed by atoms with Gasteiger partial charge in [-0.3, -0.25) is 0 Å². The molecule has 0 fully saturated rings. The minimum absolute atomic E-state index is 0.574. The van der Waals surface area contributed by atoms with Crippen LogP contribution in [0.3, 0.4) is 0 Å². The molecule has 2 nitrogen and oxygen atoms in total. The van der Waals surface area contributed by atoms with Crippen molar-refractivity contribution in [1.29, 1.82) is 0 Å². The first kappa shape index (κ1) is 10.7. The van der Waals surface area contributed by atoms with Crippen molar-refractivity contribution in [1.82, 2.24) is 10.2 Å². The van der Waals surface area contributed by atoms with Crippen molar-refractivity contribution in [2.45, 2.75) is 19.4 Å². The lowest BCUT2D eigenvalue weighted by Crippen LogP contribution is -2.36. The first-order valence-electron chi connectivity index (χ1n) is 4.15. The fourth-order valence-electron chi connectivity index (χ4n) is 1.04. The van der Waals surface area contributed by atoms with Gasteiger partial charge >= 0.3 is 0 Å². The Morgan fingerprint density at radius 2 is 2.18 bits per heavy atom. The molecule has 0 radical (unpaired) electrons. The van der Waals surface area contributed by atoms with Gasteiger partial charge in [0.1, 0.15) is 0 Å². The Bertz CT molecular complexity index is 99.7. The molecule has 0 aromatic rings. The normalized spacial score (nSPS) is 13.5. The van der Waals surface area contributed by atoms with Crippen molar-refractivity contribution >= 4 is 0 Å². The van der Waals surface area contributed by atoms with Gasteiger partial charge in [0.2, 0.25) is 0 Å². The van der Waals surface area contributed by atoms with Gasteiger partial charge in [0.15, 0.2) is 0 Å². The van der Waals surface area contributed by atoms with E-state index in [1.807, 2.05) is 6.08 Å². The van der Waals surface area contributed by atoms with E-state index in [4.69, 9.17) is 0 Å². The van der Waals surface area contributed by atoms with Crippen molar-refractivity contribution in [2.24, 2.45) is 0 Å². The highest BCUT2D eigenvalue weighted by Gasteiger charge is 1.99. The molecule has 11 heavy (non-hydrogen) atoms. The van der Waals surface area contributed by atoms with E-state index in [2.05, 4.69) is 37.8 Å². The van der Waals surface area contributed by atoms with E-state index in [1.165, 1.54) is 0 Å². The van der Waals surface area contributed by atoms with Crippen LogP contribution in [-0.2, 0) is 0 Å². The second kappa shape index (κ2) is 6.38. The van der Waals surface area contributed by atoms with Crippen molar-refractivity contribution < 1.29 is 0 Å². The third-order valence-corrected chi connectivity index (χ3v) is 1.48. The maximum absolute atomic E-state index is 3.67. The van der Waals surface area contributed by atoms with E-state index in [9.17, 15) is 0 Å². The van der Waals surface area contributed by atoms with E-state index in [0.717, 1.165) is 19.5 Å². The molecule has 1 unspecified atom stereocenters. The van der Waals surface area contributed by atoms with Crippen LogP contribution >= 0.6 is 0 Å². The van der Waals surface area contributed by atoms with Crippen molar-refractivity contribution in [2.75, 3.05) is 27.2 Å². The molecular weight excluding hydrogens is 136 g/mol. The largest absolute Gasteiger partial charge is 0.313 e. The van der Waals surface area contributed by atoms with Gasteiger partial charge in [-0.15, -0.1) is 6.58 Å². The SMILES string of the molecule is C=CCCNC(C)CN(C)C. The van der Waals surface area contributed by atoms with E-state index in [0.29, 0.717) is 6.04 Å². The zero-order chi connectivity index (χ0) is 8.69. The second-order valence-corrected chi connectivity index (χ2v) is 3.19. The van der Waals surface area contributed by atoms with Gasteiger partial charge < -0.3 is 10.2 Å². The highest BCUT2D eigenvalue weighted by atomic mass is 15.1. The number of hydrogen-bond donors (Lipinski definition) is 1. The Morgan fingerprint density at radius 1 is 1.55 bits per heavy atom. The Morgan fingerprint density at radius 3 is 2.64 bits per heavy atom. The second-order valence-electron chi connectivity index (χ2n) is 3.19. The van der Waals surface area contributed by atoms with Crippen LogP contribution in [0.25, 0.3) is 0 Å². The third-order valence-electron chi connectivity index (χ3n) is 1.48. The molecule has 0 spiro atoms. The predicted octanol–water partition coefficient (Wildman–Crippen LogP) is 1.10. The topological polar surface area (TPSA) is 15.3 Å². The summed E-state index contributed by atoms with van der Waals surface area (Å²) in [6.07, 6.45) is 2.99. The molecule has 2 heteroatoms. The van der Waals surface area contributed by atoms with Crippen LogP contribution in [-0.4, -0.2) is 38.1 Å². The van der Waals surface area contributed by atoms with Gasteiger partial charge in [-0.1, -0.05) is 6.08 Å². The maximum atomic E-state index is 3.67. The summed E-state index contributed by atoms with van der Waals surface area (Å²) in [5.41, 5.74) is 0. The van der Waals surface area contributed by atoms with Crippen LogP contribution < -0.4 is 5.32 Å². The van der Waals surface area contributed by atoms with E-state index >= 15 is 0 Å². The molecule has 0 aromatic heterocycles. The van der Waals surface area contributed by atoms with Gasteiger partial charge in [-0.25, -0.2) is 0 Å². The van der Waals surface area contributed by atoms with Gasteiger partial charge in [0.05, 0.1) is 0 Å². The molecule has 0 saturated heterocycles. The standard InChI is InChI=1S/C9H20N2/c1-5-6-7-10-9(2)8-11(3)4/h5,9-10H,1,6-8H2,2-4H3. The average Bonchev–Trinajstić information content (AvgIpc) is 1.86. The summed E-state index contributed by atoms with van der Waals surface area (Å²) >= 11 is 0. The van der Waals surface area contributed by atoms with Crippen molar-refractivity contribution in [3.8, 4) is 0 Å². The fraction of sp³-hybridized carbons (Fsp3) is 0.778. The predicted molar refractivity (Wildman–Crippen MR) is 50.8 cm³/mol. The molecule has 1 atom stereocenters. The Hall–Kier alpha value is -0.340. The summed E-state index contributed by atoms with van der Waals surface area (Å²) in [6, 6.07) is 0.574. The molecule has 66 valence electrons. The summed E-state index contributed by atoms with van der Waals surface area (Å²) in [7, 11) is 4.18. The van der Waals surface area contributed by atoms with Crippen LogP contribution in [0.1, 0.15) is 13.3 Å². The number of nitrogens with one attached hydrogen (secondary N) is 1. The van der Waals surface area contributed by atoms with Crippen molar-refractivity contribution in [3.05, 3.63) is 12.7 Å². The third kappa shape index (κ3) is 7.56. The molecule has 0 aliphatic heterocycles. The molecule has 0 saturated carbocycles. The number of nitrogens with zero attached hydrogens (tertiary/aromatic N) is 1. The Kier molecular flexibility index (Phi) is 6.18. The van der Waals surface area contributed by atoms with Crippen LogP contribution in [0.15, 0.2) is 12.7 Å². The number of likely N-dealkylation sites (N-methyl/N-ethyl adjacent to an activating group) is 1. The molecule has 0 aliphatic rings. The Labute approximate surface area is 70.3 Å². The summed E-state index contributed by atoms with van der Waals surface area (Å²) in [4.78, 5) is 2.19. The lowest BCUT2D eigenvalue weighted by atomic mass is 10.3. The van der Waals surface area contributed by atoms with Gasteiger partial charge in [0.25, 0.3) is 0 Å². The summed E-state index contributed by atoms with van der Waals surface area (Å²) in [6.45, 7) is 8.00. The lowest BCUT2D eigenvalue weighted by Gasteiger charge is -2.17. The van der Waals surface area contributed by atoms with E-state index in [1.54, 1.807) is 0 Å². The van der Waals surface area contributed by atoms with Gasteiger partial charge in [-0.05, 0) is 34.0 Å². The molecule has 0 aliphatic carbocycles. The smallest absolute Gasteiger partial charge is 0.0166 e. The Balaban J connectivity index is 3.21. The van der Waals surface area contributed by atoms with Gasteiger partial charge in [0, 0.05) is 12.6 Å². The zero-order valence-electron chi connectivity index (χ0n) is 7.93. The quantitative estimate of drug-likeness (QED) is 0.457. The summed E-state index contributed by atoms with van der Waals surface area (Å²) < 4.78 is 0. The molecule has 0 amide bonds. The van der Waals surface area contributed by atoms with E-state index in [-0.39, 0.29) is 0 Å². The highest BCUT2D eigenvalue weighted by Crippen LogP contribution is 1.85. The highest BCUT2D eigenvalue weighted by molar-refractivity contribution is 4.70.